The van der Waals surface area contributed by atoms with Crippen molar-refractivity contribution in [3.63, 3.8) is 0 Å². The zero-order chi connectivity index (χ0) is 24.0. The monoisotopic (exact) mass is 456 g/mol. The highest BCUT2D eigenvalue weighted by atomic mass is 19.1. The second kappa shape index (κ2) is 7.93. The van der Waals surface area contributed by atoms with Crippen LogP contribution in [0.4, 0.5) is 15.0 Å². The zero-order valence-electron chi connectivity index (χ0n) is 17.8. The Labute approximate surface area is 191 Å². The molecular weight excluding hydrogens is 439 g/mol. The largest absolute Gasteiger partial charge is 0.465 e. The van der Waals surface area contributed by atoms with Crippen molar-refractivity contribution in [2.45, 2.75) is 6.92 Å². The molecule has 10 heteroatoms. The minimum absolute atomic E-state index is 0.137. The fourth-order valence-corrected chi connectivity index (χ4v) is 4.04. The molecule has 168 valence electrons. The number of hydrogen-bond acceptors (Lipinski definition) is 5. The molecule has 0 saturated heterocycles. The summed E-state index contributed by atoms with van der Waals surface area (Å²) in [6, 6.07) is 12.8. The van der Waals surface area contributed by atoms with Crippen LogP contribution in [0, 0.1) is 12.7 Å². The van der Waals surface area contributed by atoms with Gasteiger partial charge in [0, 0.05) is 23.8 Å². The van der Waals surface area contributed by atoms with Gasteiger partial charge in [-0.25, -0.2) is 19.2 Å². The van der Waals surface area contributed by atoms with Crippen molar-refractivity contribution in [3.05, 3.63) is 78.1 Å². The van der Waals surface area contributed by atoms with Crippen molar-refractivity contribution in [2.24, 2.45) is 5.73 Å². The van der Waals surface area contributed by atoms with E-state index in [1.807, 2.05) is 10.6 Å². The number of aryl methyl sites for hydroxylation is 1. The number of amides is 2. The van der Waals surface area contributed by atoms with Crippen LogP contribution >= 0.6 is 0 Å². The van der Waals surface area contributed by atoms with Gasteiger partial charge in [0.25, 0.3) is 5.91 Å². The van der Waals surface area contributed by atoms with Crippen LogP contribution in [0.5, 0.6) is 0 Å². The van der Waals surface area contributed by atoms with Crippen LogP contribution in [-0.2, 0) is 0 Å². The second-order valence-corrected chi connectivity index (χ2v) is 7.60. The molecule has 0 aliphatic carbocycles. The number of hydrogen-bond donors (Lipinski definition) is 3. The molecule has 0 radical (unpaired) electrons. The van der Waals surface area contributed by atoms with Crippen molar-refractivity contribution in [1.82, 2.24) is 19.5 Å². The number of rotatable bonds is 4. The molecule has 0 bridgehead atoms. The van der Waals surface area contributed by atoms with E-state index in [9.17, 15) is 14.0 Å². The lowest BCUT2D eigenvalue weighted by atomic mass is 10.0. The molecule has 3 heterocycles. The first kappa shape index (κ1) is 21.0. The van der Waals surface area contributed by atoms with Crippen LogP contribution in [0.3, 0.4) is 0 Å². The number of fused-ring (bicyclic) bond motifs is 2. The summed E-state index contributed by atoms with van der Waals surface area (Å²) in [5.41, 5.74) is 9.33. The van der Waals surface area contributed by atoms with Crippen molar-refractivity contribution >= 4 is 39.8 Å². The van der Waals surface area contributed by atoms with E-state index in [0.717, 1.165) is 0 Å². The molecular formula is C24H17FN6O3. The quantitative estimate of drug-likeness (QED) is 0.369. The molecule has 0 aliphatic heterocycles. The van der Waals surface area contributed by atoms with Crippen LogP contribution in [0.1, 0.15) is 16.2 Å². The average molecular weight is 456 g/mol. The predicted octanol–water partition coefficient (Wildman–Crippen LogP) is 4.27. The lowest BCUT2D eigenvalue weighted by Crippen LogP contribution is -2.12. The Bertz CT molecular complexity index is 1630. The Morgan fingerprint density at radius 1 is 1.03 bits per heavy atom. The number of nitrogens with two attached hydrogens (primary N) is 1. The molecule has 0 atom stereocenters. The molecule has 2 aromatic carbocycles. The Morgan fingerprint density at radius 2 is 1.82 bits per heavy atom. The van der Waals surface area contributed by atoms with Gasteiger partial charge in [0.05, 0.1) is 22.3 Å². The molecule has 0 saturated carbocycles. The number of nitrogens with one attached hydrogen (secondary N) is 1. The third-order valence-corrected chi connectivity index (χ3v) is 5.44. The first-order chi connectivity index (χ1) is 16.3. The number of imidazole rings is 1. The first-order valence-electron chi connectivity index (χ1n) is 10.2. The Morgan fingerprint density at radius 3 is 2.59 bits per heavy atom. The van der Waals surface area contributed by atoms with E-state index in [-0.39, 0.29) is 11.4 Å². The van der Waals surface area contributed by atoms with Gasteiger partial charge in [0.15, 0.2) is 0 Å². The maximum Gasteiger partial charge on any atom is 0.410 e. The fourth-order valence-electron chi connectivity index (χ4n) is 4.04. The summed E-state index contributed by atoms with van der Waals surface area (Å²) in [5.74, 6) is -0.325. The molecule has 0 fully saturated rings. The third-order valence-electron chi connectivity index (χ3n) is 5.44. The van der Waals surface area contributed by atoms with Crippen molar-refractivity contribution in [1.29, 1.82) is 0 Å². The van der Waals surface area contributed by atoms with E-state index in [1.165, 1.54) is 18.3 Å². The van der Waals surface area contributed by atoms with Gasteiger partial charge < -0.3 is 10.8 Å². The third kappa shape index (κ3) is 3.56. The van der Waals surface area contributed by atoms with E-state index in [4.69, 9.17) is 10.8 Å². The van der Waals surface area contributed by atoms with Gasteiger partial charge in [-0.3, -0.25) is 19.7 Å². The van der Waals surface area contributed by atoms with Crippen molar-refractivity contribution < 1.29 is 19.1 Å². The van der Waals surface area contributed by atoms with E-state index >= 15 is 0 Å². The molecule has 5 aromatic rings. The first-order valence-corrected chi connectivity index (χ1v) is 10.2. The maximum absolute atomic E-state index is 13.8. The molecule has 34 heavy (non-hydrogen) atoms. The summed E-state index contributed by atoms with van der Waals surface area (Å²) in [4.78, 5) is 36.2. The highest BCUT2D eigenvalue weighted by Crippen LogP contribution is 2.32. The number of anilines is 1. The molecule has 0 unspecified atom stereocenters. The number of halogens is 1. The molecule has 4 N–H and O–H groups in total. The minimum atomic E-state index is -1.24. The van der Waals surface area contributed by atoms with Gasteiger partial charge in [0.1, 0.15) is 23.0 Å². The summed E-state index contributed by atoms with van der Waals surface area (Å²) in [6.07, 6.45) is 1.79. The summed E-state index contributed by atoms with van der Waals surface area (Å²) >= 11 is 0. The molecule has 5 rings (SSSR count). The zero-order valence-corrected chi connectivity index (χ0v) is 17.8. The second-order valence-electron chi connectivity index (χ2n) is 7.60. The smallest absolute Gasteiger partial charge is 0.410 e. The normalized spacial score (nSPS) is 11.1. The van der Waals surface area contributed by atoms with Gasteiger partial charge >= 0.3 is 6.09 Å². The van der Waals surface area contributed by atoms with Crippen molar-refractivity contribution in [2.75, 3.05) is 5.32 Å². The highest BCUT2D eigenvalue weighted by molar-refractivity contribution is 6.07. The van der Waals surface area contributed by atoms with Gasteiger partial charge in [-0.1, -0.05) is 0 Å². The Balaban J connectivity index is 1.80. The Hall–Kier alpha value is -4.86. The predicted molar refractivity (Wildman–Crippen MR) is 124 cm³/mol. The van der Waals surface area contributed by atoms with Gasteiger partial charge in [-0.15, -0.1) is 0 Å². The molecule has 9 nitrogen and oxygen atoms in total. The van der Waals surface area contributed by atoms with Crippen LogP contribution in [0.2, 0.25) is 0 Å². The number of benzene rings is 2. The van der Waals surface area contributed by atoms with Crippen molar-refractivity contribution in [3.8, 4) is 16.8 Å². The van der Waals surface area contributed by atoms with Crippen LogP contribution in [0.25, 0.3) is 38.8 Å². The number of carbonyl (C=O) groups excluding carboxylic acids is 1. The van der Waals surface area contributed by atoms with Gasteiger partial charge in [-0.05, 0) is 60.5 Å². The minimum Gasteiger partial charge on any atom is -0.465 e. The summed E-state index contributed by atoms with van der Waals surface area (Å²) in [6.45, 7) is 1.79. The van der Waals surface area contributed by atoms with E-state index in [0.29, 0.717) is 44.6 Å². The standard InChI is InChI=1S/C24H17FN6O3/c1-12-29-22-17(23(26)32)8-14(13-4-6-28-21(10-13)30-24(33)34)9-20(22)31(12)19-5-7-27-18-11-15(25)2-3-16(18)19/h2-11H,1H3,(H2,26,32)(H,28,30)(H,33,34). The van der Waals surface area contributed by atoms with Crippen LogP contribution in [0.15, 0.2) is 60.9 Å². The lowest BCUT2D eigenvalue weighted by molar-refractivity contribution is 0.100. The Kier molecular flexibility index (Phi) is 4.90. The average Bonchev–Trinajstić information content (AvgIpc) is 3.12. The van der Waals surface area contributed by atoms with Gasteiger partial charge in [-0.2, -0.15) is 0 Å². The van der Waals surface area contributed by atoms with Gasteiger partial charge in [0.2, 0.25) is 0 Å². The highest BCUT2D eigenvalue weighted by Gasteiger charge is 2.19. The SMILES string of the molecule is Cc1nc2c(C(N)=O)cc(-c3ccnc(NC(=O)O)c3)cc2n1-c1ccnc2cc(F)ccc12. The van der Waals surface area contributed by atoms with E-state index < -0.39 is 17.8 Å². The topological polar surface area (TPSA) is 136 Å². The lowest BCUT2D eigenvalue weighted by Gasteiger charge is -2.12. The van der Waals surface area contributed by atoms with Crippen LogP contribution in [-0.4, -0.2) is 36.6 Å². The summed E-state index contributed by atoms with van der Waals surface area (Å²) < 4.78 is 15.6. The number of pyridine rings is 2. The number of carboxylic acid groups (broad SMARTS) is 1. The summed E-state index contributed by atoms with van der Waals surface area (Å²) in [7, 11) is 0. The molecule has 0 aliphatic rings. The molecule has 0 spiro atoms. The van der Waals surface area contributed by atoms with E-state index in [2.05, 4.69) is 20.3 Å². The van der Waals surface area contributed by atoms with E-state index in [1.54, 1.807) is 43.5 Å². The summed E-state index contributed by atoms with van der Waals surface area (Å²) in [5, 5.41) is 11.9. The number of aromatic nitrogens is 4. The number of nitrogens with zero attached hydrogens (tertiary/aromatic N) is 4. The number of primary amides is 1. The maximum atomic E-state index is 13.8. The molecule has 2 amide bonds. The molecule has 3 aromatic heterocycles. The fraction of sp³-hybridized carbons (Fsp3) is 0.0417. The number of carbonyl (C=O) groups is 2. The van der Waals surface area contributed by atoms with Crippen LogP contribution < -0.4 is 11.1 Å².